The maximum atomic E-state index is 11.6. The van der Waals surface area contributed by atoms with Gasteiger partial charge in [0.25, 0.3) is 0 Å². The number of hydrogen-bond acceptors (Lipinski definition) is 4. The van der Waals surface area contributed by atoms with Gasteiger partial charge in [-0.1, -0.05) is 6.07 Å². The molecule has 0 aliphatic carbocycles. The van der Waals surface area contributed by atoms with Gasteiger partial charge in [0.05, 0.1) is 5.69 Å². The Morgan fingerprint density at radius 2 is 2.11 bits per heavy atom. The summed E-state index contributed by atoms with van der Waals surface area (Å²) in [5.41, 5.74) is 6.57. The minimum atomic E-state index is -0.656. The second-order valence-corrected chi connectivity index (χ2v) is 3.96. The molecule has 18 heavy (non-hydrogen) atoms. The molecule has 0 radical (unpaired) electrons. The number of amides is 2. The highest BCUT2D eigenvalue weighted by atomic mass is 16.3. The maximum absolute atomic E-state index is 11.6. The van der Waals surface area contributed by atoms with Gasteiger partial charge in [-0.2, -0.15) is 0 Å². The van der Waals surface area contributed by atoms with Crippen LogP contribution in [0, 0.1) is 0 Å². The molecule has 5 N–H and O–H groups in total. The number of aromatic hydroxyl groups is 1. The molecule has 1 aromatic carbocycles. The lowest BCUT2D eigenvalue weighted by Crippen LogP contribution is -2.46. The predicted octanol–water partition coefficient (Wildman–Crippen LogP) is -0.232. The number of anilines is 1. The topological polar surface area (TPSA) is 104 Å². The van der Waals surface area contributed by atoms with Crippen LogP contribution in [0.5, 0.6) is 5.75 Å². The molecule has 1 rings (SSSR count). The van der Waals surface area contributed by atoms with Gasteiger partial charge in [-0.3, -0.25) is 9.59 Å². The van der Waals surface area contributed by atoms with E-state index < -0.39 is 6.04 Å². The Hall–Kier alpha value is -2.24. The van der Waals surface area contributed by atoms with Gasteiger partial charge >= 0.3 is 0 Å². The van der Waals surface area contributed by atoms with E-state index in [4.69, 9.17) is 5.73 Å². The largest absolute Gasteiger partial charge is 0.506 e. The van der Waals surface area contributed by atoms with Crippen LogP contribution in [-0.4, -0.2) is 30.0 Å². The zero-order chi connectivity index (χ0) is 13.7. The summed E-state index contributed by atoms with van der Waals surface area (Å²) in [4.78, 5) is 22.6. The molecule has 0 aromatic heterocycles. The van der Waals surface area contributed by atoms with Crippen molar-refractivity contribution in [2.45, 2.75) is 19.4 Å². The van der Waals surface area contributed by atoms with Crippen LogP contribution < -0.4 is 16.4 Å². The van der Waals surface area contributed by atoms with E-state index in [2.05, 4.69) is 10.6 Å². The zero-order valence-corrected chi connectivity index (χ0v) is 10.4. The van der Waals surface area contributed by atoms with E-state index in [1.165, 1.54) is 20.0 Å². The van der Waals surface area contributed by atoms with Crippen molar-refractivity contribution in [3.63, 3.8) is 0 Å². The quantitative estimate of drug-likeness (QED) is 0.438. The first-order chi connectivity index (χ1) is 8.43. The Balaban J connectivity index is 2.85. The average molecular weight is 251 g/mol. The van der Waals surface area contributed by atoms with E-state index in [1.54, 1.807) is 12.1 Å². The number of carbonyl (C=O) groups excluding carboxylic acids is 2. The number of likely N-dealkylation sites (N-methyl/N-ethyl adjacent to an activating group) is 1. The molecule has 0 saturated carbocycles. The third-order valence-electron chi connectivity index (χ3n) is 2.47. The molecular formula is C12H17N3O3. The van der Waals surface area contributed by atoms with Crippen molar-refractivity contribution in [2.24, 2.45) is 0 Å². The van der Waals surface area contributed by atoms with Gasteiger partial charge in [-0.15, -0.1) is 0 Å². The van der Waals surface area contributed by atoms with Gasteiger partial charge in [0.1, 0.15) is 11.8 Å². The molecule has 0 fully saturated rings. The summed E-state index contributed by atoms with van der Waals surface area (Å²) in [5, 5.41) is 14.3. The molecule has 0 aliphatic rings. The van der Waals surface area contributed by atoms with Crippen molar-refractivity contribution in [3.05, 3.63) is 23.8 Å². The van der Waals surface area contributed by atoms with E-state index in [0.717, 1.165) is 5.56 Å². The summed E-state index contributed by atoms with van der Waals surface area (Å²) in [5.74, 6) is -0.568. The number of benzene rings is 1. The Labute approximate surface area is 105 Å². The standard InChI is InChI=1S/C12H17N3O3/c1-7(16)15-10(12(18)14-2)6-8-3-4-11(17)9(13)5-8/h3-5,10,17H,6,13H2,1-2H3,(H,14,18)(H,15,16)/t10-/m0/s1. The second kappa shape index (κ2) is 5.90. The van der Waals surface area contributed by atoms with Crippen LogP contribution in [0.3, 0.4) is 0 Å². The van der Waals surface area contributed by atoms with Crippen molar-refractivity contribution < 1.29 is 14.7 Å². The summed E-state index contributed by atoms with van der Waals surface area (Å²) in [6.07, 6.45) is 0.309. The lowest BCUT2D eigenvalue weighted by molar-refractivity contribution is -0.127. The summed E-state index contributed by atoms with van der Waals surface area (Å²) in [6, 6.07) is 4.03. The number of hydrogen-bond donors (Lipinski definition) is 4. The van der Waals surface area contributed by atoms with Crippen LogP contribution >= 0.6 is 0 Å². The summed E-state index contributed by atoms with van der Waals surface area (Å²) in [6.45, 7) is 1.35. The number of nitrogens with one attached hydrogen (secondary N) is 2. The number of phenols is 1. The molecular weight excluding hydrogens is 234 g/mol. The van der Waals surface area contributed by atoms with Crippen LogP contribution in [0.1, 0.15) is 12.5 Å². The number of rotatable bonds is 4. The summed E-state index contributed by atoms with van der Waals surface area (Å²) < 4.78 is 0. The lowest BCUT2D eigenvalue weighted by atomic mass is 10.0. The molecule has 2 amide bonds. The van der Waals surface area contributed by atoms with Gasteiger partial charge in [0, 0.05) is 20.4 Å². The number of carbonyl (C=O) groups is 2. The Bertz CT molecular complexity index is 460. The van der Waals surface area contributed by atoms with Gasteiger partial charge in [-0.05, 0) is 17.7 Å². The number of nitrogen functional groups attached to an aromatic ring is 1. The van der Waals surface area contributed by atoms with Crippen molar-refractivity contribution in [3.8, 4) is 5.75 Å². The summed E-state index contributed by atoms with van der Waals surface area (Å²) in [7, 11) is 1.50. The fraction of sp³-hybridized carbons (Fsp3) is 0.333. The highest BCUT2D eigenvalue weighted by Crippen LogP contribution is 2.21. The van der Waals surface area contributed by atoms with E-state index >= 15 is 0 Å². The van der Waals surface area contributed by atoms with Gasteiger partial charge in [-0.25, -0.2) is 0 Å². The molecule has 1 aromatic rings. The molecule has 0 spiro atoms. The molecule has 0 unspecified atom stereocenters. The van der Waals surface area contributed by atoms with Gasteiger partial charge in [0.2, 0.25) is 11.8 Å². The van der Waals surface area contributed by atoms with Crippen molar-refractivity contribution in [1.29, 1.82) is 0 Å². The smallest absolute Gasteiger partial charge is 0.242 e. The molecule has 98 valence electrons. The Kier molecular flexibility index (Phi) is 4.53. The molecule has 0 saturated heterocycles. The van der Waals surface area contributed by atoms with Crippen molar-refractivity contribution >= 4 is 17.5 Å². The highest BCUT2D eigenvalue weighted by molar-refractivity contribution is 5.86. The fourth-order valence-electron chi connectivity index (χ4n) is 1.60. The third-order valence-corrected chi connectivity index (χ3v) is 2.47. The van der Waals surface area contributed by atoms with Crippen LogP contribution in [0.15, 0.2) is 18.2 Å². The van der Waals surface area contributed by atoms with E-state index in [0.29, 0.717) is 6.42 Å². The summed E-state index contributed by atoms with van der Waals surface area (Å²) >= 11 is 0. The molecule has 0 heterocycles. The van der Waals surface area contributed by atoms with Crippen LogP contribution in [-0.2, 0) is 16.0 Å². The number of phenolic OH excluding ortho intramolecular Hbond substituents is 1. The highest BCUT2D eigenvalue weighted by Gasteiger charge is 2.18. The zero-order valence-electron chi connectivity index (χ0n) is 10.4. The van der Waals surface area contributed by atoms with Gasteiger partial charge < -0.3 is 21.5 Å². The first-order valence-electron chi connectivity index (χ1n) is 5.50. The third kappa shape index (κ3) is 3.65. The van der Waals surface area contributed by atoms with Crippen LogP contribution in [0.2, 0.25) is 0 Å². The lowest BCUT2D eigenvalue weighted by Gasteiger charge is -2.16. The predicted molar refractivity (Wildman–Crippen MR) is 67.9 cm³/mol. The van der Waals surface area contributed by atoms with E-state index in [-0.39, 0.29) is 23.3 Å². The van der Waals surface area contributed by atoms with E-state index in [1.807, 2.05) is 0 Å². The minimum Gasteiger partial charge on any atom is -0.506 e. The molecule has 1 atom stereocenters. The van der Waals surface area contributed by atoms with Gasteiger partial charge in [0.15, 0.2) is 0 Å². The average Bonchev–Trinajstić information content (AvgIpc) is 2.31. The second-order valence-electron chi connectivity index (χ2n) is 3.96. The van der Waals surface area contributed by atoms with Crippen LogP contribution in [0.4, 0.5) is 5.69 Å². The Morgan fingerprint density at radius 1 is 1.44 bits per heavy atom. The monoisotopic (exact) mass is 251 g/mol. The first kappa shape index (κ1) is 13.8. The minimum absolute atomic E-state index is 0.00484. The maximum Gasteiger partial charge on any atom is 0.242 e. The molecule has 6 heteroatoms. The van der Waals surface area contributed by atoms with Crippen LogP contribution in [0.25, 0.3) is 0 Å². The van der Waals surface area contributed by atoms with E-state index in [9.17, 15) is 14.7 Å². The Morgan fingerprint density at radius 3 is 2.61 bits per heavy atom. The number of nitrogens with two attached hydrogens (primary N) is 1. The SMILES string of the molecule is CNC(=O)[C@H](Cc1ccc(O)c(N)c1)NC(C)=O. The molecule has 6 nitrogen and oxygen atoms in total. The normalized spacial score (nSPS) is 11.7. The molecule has 0 bridgehead atoms. The molecule has 0 aliphatic heterocycles. The van der Waals surface area contributed by atoms with Crippen molar-refractivity contribution in [1.82, 2.24) is 10.6 Å². The first-order valence-corrected chi connectivity index (χ1v) is 5.50. The fourth-order valence-corrected chi connectivity index (χ4v) is 1.60. The van der Waals surface area contributed by atoms with Crippen molar-refractivity contribution in [2.75, 3.05) is 12.8 Å².